The van der Waals surface area contributed by atoms with Crippen molar-refractivity contribution in [3.05, 3.63) is 69.7 Å². The molecule has 4 nitrogen and oxygen atoms in total. The number of nitrogens with zero attached hydrogens (tertiary/aromatic N) is 1. The minimum Gasteiger partial charge on any atom is -0.355 e. The largest absolute Gasteiger partial charge is 0.355 e. The van der Waals surface area contributed by atoms with Crippen LogP contribution in [0.25, 0.3) is 0 Å². The average molecular weight is 407 g/mol. The number of likely N-dealkylation sites (N-methyl/N-ethyl adjacent to an activating group) is 1. The summed E-state index contributed by atoms with van der Waals surface area (Å²) >= 11 is 12.6. The molecule has 0 radical (unpaired) electrons. The van der Waals surface area contributed by atoms with Gasteiger partial charge in [-0.15, -0.1) is 0 Å². The zero-order chi connectivity index (χ0) is 19.8. The summed E-state index contributed by atoms with van der Waals surface area (Å²) in [7, 11) is 0. The predicted molar refractivity (Wildman–Crippen MR) is 110 cm³/mol. The van der Waals surface area contributed by atoms with E-state index in [1.54, 1.807) is 30.0 Å². The number of halogens is 2. The number of amides is 2. The Hall–Kier alpha value is -2.04. The second kappa shape index (κ2) is 10.3. The highest BCUT2D eigenvalue weighted by molar-refractivity contribution is 6.36. The Labute approximate surface area is 170 Å². The van der Waals surface area contributed by atoms with Crippen molar-refractivity contribution in [3.63, 3.8) is 0 Å². The smallest absolute Gasteiger partial charge is 0.243 e. The van der Waals surface area contributed by atoms with Gasteiger partial charge in [-0.3, -0.25) is 9.59 Å². The summed E-state index contributed by atoms with van der Waals surface area (Å²) in [6.07, 6.45) is 0.702. The molecule has 2 rings (SSSR count). The maximum atomic E-state index is 12.8. The van der Waals surface area contributed by atoms with E-state index in [-0.39, 0.29) is 24.8 Å². The van der Waals surface area contributed by atoms with Gasteiger partial charge in [-0.05, 0) is 24.6 Å². The summed E-state index contributed by atoms with van der Waals surface area (Å²) in [6.45, 7) is 4.31. The van der Waals surface area contributed by atoms with E-state index in [9.17, 15) is 9.59 Å². The van der Waals surface area contributed by atoms with Gasteiger partial charge in [0.15, 0.2) is 0 Å². The third-order valence-corrected chi connectivity index (χ3v) is 5.02. The number of hydrogen-bond acceptors (Lipinski definition) is 2. The standard InChI is InChI=1S/C21H24Cl2N2O2/c1-3-20(26)25(14-16-17(22)11-8-12-18(16)23)19(21(27)24-4-2)13-15-9-6-5-7-10-15/h5-12,19H,3-4,13-14H2,1-2H3,(H,24,27)/t19-/m1/s1. The molecule has 2 aromatic carbocycles. The van der Waals surface area contributed by atoms with Crippen molar-refractivity contribution < 1.29 is 9.59 Å². The van der Waals surface area contributed by atoms with Crippen LogP contribution in [-0.2, 0) is 22.6 Å². The SMILES string of the molecule is CCNC(=O)[C@@H](Cc1ccccc1)N(Cc1c(Cl)cccc1Cl)C(=O)CC. The molecule has 1 atom stereocenters. The van der Waals surface area contributed by atoms with E-state index >= 15 is 0 Å². The monoisotopic (exact) mass is 406 g/mol. The zero-order valence-corrected chi connectivity index (χ0v) is 17.1. The van der Waals surface area contributed by atoms with Crippen molar-refractivity contribution in [1.82, 2.24) is 10.2 Å². The molecule has 0 fully saturated rings. The molecule has 144 valence electrons. The molecule has 0 aliphatic heterocycles. The van der Waals surface area contributed by atoms with Crippen molar-refractivity contribution in [2.24, 2.45) is 0 Å². The highest BCUT2D eigenvalue weighted by atomic mass is 35.5. The van der Waals surface area contributed by atoms with Crippen LogP contribution in [0.3, 0.4) is 0 Å². The molecule has 0 aliphatic carbocycles. The number of hydrogen-bond donors (Lipinski definition) is 1. The first-order valence-electron chi connectivity index (χ1n) is 9.01. The maximum Gasteiger partial charge on any atom is 0.243 e. The van der Waals surface area contributed by atoms with Gasteiger partial charge in [0.2, 0.25) is 11.8 Å². The van der Waals surface area contributed by atoms with Crippen LogP contribution in [0.4, 0.5) is 0 Å². The first-order valence-corrected chi connectivity index (χ1v) is 9.77. The molecule has 0 saturated carbocycles. The molecule has 0 saturated heterocycles. The third-order valence-electron chi connectivity index (χ3n) is 4.31. The van der Waals surface area contributed by atoms with Crippen LogP contribution in [0.2, 0.25) is 10.0 Å². The molecule has 2 aromatic rings. The summed E-state index contributed by atoms with van der Waals surface area (Å²) in [4.78, 5) is 27.1. The van der Waals surface area contributed by atoms with E-state index in [0.29, 0.717) is 28.6 Å². The summed E-state index contributed by atoms with van der Waals surface area (Å²) < 4.78 is 0. The lowest BCUT2D eigenvalue weighted by Gasteiger charge is -2.31. The van der Waals surface area contributed by atoms with Crippen molar-refractivity contribution in [1.29, 1.82) is 0 Å². The van der Waals surface area contributed by atoms with Gasteiger partial charge >= 0.3 is 0 Å². The van der Waals surface area contributed by atoms with Crippen LogP contribution in [0.1, 0.15) is 31.4 Å². The summed E-state index contributed by atoms with van der Waals surface area (Å²) in [5.74, 6) is -0.315. The van der Waals surface area contributed by atoms with Crippen LogP contribution < -0.4 is 5.32 Å². The molecule has 0 aromatic heterocycles. The van der Waals surface area contributed by atoms with Crippen LogP contribution in [-0.4, -0.2) is 29.3 Å². The van der Waals surface area contributed by atoms with Crippen LogP contribution in [0.15, 0.2) is 48.5 Å². The lowest BCUT2D eigenvalue weighted by molar-refractivity contribution is -0.141. The van der Waals surface area contributed by atoms with Crippen molar-refractivity contribution in [2.75, 3.05) is 6.54 Å². The Kier molecular flexibility index (Phi) is 8.14. The fourth-order valence-electron chi connectivity index (χ4n) is 2.90. The van der Waals surface area contributed by atoms with Gasteiger partial charge in [0.25, 0.3) is 0 Å². The van der Waals surface area contributed by atoms with E-state index in [4.69, 9.17) is 23.2 Å². The number of carbonyl (C=O) groups is 2. The van der Waals surface area contributed by atoms with E-state index < -0.39 is 6.04 Å². The predicted octanol–water partition coefficient (Wildman–Crippen LogP) is 4.48. The molecule has 2 amide bonds. The van der Waals surface area contributed by atoms with Crippen LogP contribution in [0.5, 0.6) is 0 Å². The highest BCUT2D eigenvalue weighted by Crippen LogP contribution is 2.27. The Balaban J connectivity index is 2.40. The van der Waals surface area contributed by atoms with Gasteiger partial charge in [0.05, 0.1) is 0 Å². The molecular weight excluding hydrogens is 383 g/mol. The van der Waals surface area contributed by atoms with Crippen LogP contribution in [0, 0.1) is 0 Å². The lowest BCUT2D eigenvalue weighted by atomic mass is 10.0. The van der Waals surface area contributed by atoms with Gasteiger partial charge in [-0.25, -0.2) is 0 Å². The number of nitrogens with one attached hydrogen (secondary N) is 1. The van der Waals surface area contributed by atoms with E-state index in [0.717, 1.165) is 5.56 Å². The number of rotatable bonds is 8. The van der Waals surface area contributed by atoms with E-state index in [1.807, 2.05) is 37.3 Å². The molecular formula is C21H24Cl2N2O2. The molecule has 0 heterocycles. The number of benzene rings is 2. The third kappa shape index (κ3) is 5.72. The Morgan fingerprint density at radius 2 is 1.63 bits per heavy atom. The molecule has 1 N–H and O–H groups in total. The second-order valence-electron chi connectivity index (χ2n) is 6.18. The molecule has 0 bridgehead atoms. The molecule has 0 spiro atoms. The van der Waals surface area contributed by atoms with Crippen molar-refractivity contribution >= 4 is 35.0 Å². The van der Waals surface area contributed by atoms with Gasteiger partial charge in [0.1, 0.15) is 6.04 Å². The summed E-state index contributed by atoms with van der Waals surface area (Å²) in [5, 5.41) is 3.80. The Bertz CT molecular complexity index is 761. The number of carbonyl (C=O) groups excluding carboxylic acids is 2. The Morgan fingerprint density at radius 1 is 1.00 bits per heavy atom. The van der Waals surface area contributed by atoms with E-state index in [1.165, 1.54) is 0 Å². The maximum absolute atomic E-state index is 12.8. The molecule has 6 heteroatoms. The Morgan fingerprint density at radius 3 is 2.19 bits per heavy atom. The highest BCUT2D eigenvalue weighted by Gasteiger charge is 2.30. The fourth-order valence-corrected chi connectivity index (χ4v) is 3.42. The average Bonchev–Trinajstić information content (AvgIpc) is 2.67. The molecule has 27 heavy (non-hydrogen) atoms. The first kappa shape index (κ1) is 21.3. The zero-order valence-electron chi connectivity index (χ0n) is 15.5. The van der Waals surface area contributed by atoms with Gasteiger partial charge in [0, 0.05) is 41.5 Å². The van der Waals surface area contributed by atoms with Crippen molar-refractivity contribution in [2.45, 2.75) is 39.3 Å². The van der Waals surface area contributed by atoms with Gasteiger partial charge < -0.3 is 10.2 Å². The minimum absolute atomic E-state index is 0.127. The molecule has 0 unspecified atom stereocenters. The summed E-state index contributed by atoms with van der Waals surface area (Å²) in [5.41, 5.74) is 1.62. The minimum atomic E-state index is -0.646. The quantitative estimate of drug-likeness (QED) is 0.702. The van der Waals surface area contributed by atoms with Crippen LogP contribution >= 0.6 is 23.2 Å². The lowest BCUT2D eigenvalue weighted by Crippen LogP contribution is -2.50. The van der Waals surface area contributed by atoms with Crippen molar-refractivity contribution in [3.8, 4) is 0 Å². The van der Waals surface area contributed by atoms with Gasteiger partial charge in [-0.1, -0.05) is 66.5 Å². The summed E-state index contributed by atoms with van der Waals surface area (Å²) in [6, 6.07) is 14.2. The van der Waals surface area contributed by atoms with Gasteiger partial charge in [-0.2, -0.15) is 0 Å². The molecule has 0 aliphatic rings. The first-order chi connectivity index (χ1) is 13.0. The normalized spacial score (nSPS) is 11.7. The van der Waals surface area contributed by atoms with E-state index in [2.05, 4.69) is 5.32 Å². The topological polar surface area (TPSA) is 49.4 Å². The fraction of sp³-hybridized carbons (Fsp3) is 0.333. The second-order valence-corrected chi connectivity index (χ2v) is 6.99.